The summed E-state index contributed by atoms with van der Waals surface area (Å²) in [4.78, 5) is 14.3. The second-order valence-electron chi connectivity index (χ2n) is 5.90. The first-order valence-electron chi connectivity index (χ1n) is 7.76. The van der Waals surface area contributed by atoms with Crippen molar-refractivity contribution < 1.29 is 13.2 Å². The van der Waals surface area contributed by atoms with Gasteiger partial charge in [0.25, 0.3) is 5.91 Å². The molecule has 1 N–H and O–H groups in total. The van der Waals surface area contributed by atoms with Crippen LogP contribution in [0, 0.1) is 13.8 Å². The van der Waals surface area contributed by atoms with Crippen molar-refractivity contribution in [2.75, 3.05) is 26.2 Å². The summed E-state index contributed by atoms with van der Waals surface area (Å²) in [6, 6.07) is 8.64. The lowest BCUT2D eigenvalue weighted by Crippen LogP contribution is -2.50. The first kappa shape index (κ1) is 16.7. The SMILES string of the molecule is Cc1cc(C(=O)N2CCN(S(=O)(=O)c3ccccc3C)CC2)n[nH]1. The Bertz CT molecular complexity index is 852. The number of hydrogen-bond acceptors (Lipinski definition) is 4. The third-order valence-corrected chi connectivity index (χ3v) is 6.22. The lowest BCUT2D eigenvalue weighted by Gasteiger charge is -2.33. The highest BCUT2D eigenvalue weighted by Gasteiger charge is 2.31. The summed E-state index contributed by atoms with van der Waals surface area (Å²) in [5.41, 5.74) is 1.91. The van der Waals surface area contributed by atoms with Crippen molar-refractivity contribution in [3.63, 3.8) is 0 Å². The van der Waals surface area contributed by atoms with Crippen LogP contribution in [0.4, 0.5) is 0 Å². The molecule has 1 aliphatic heterocycles. The predicted molar refractivity (Wildman–Crippen MR) is 89.2 cm³/mol. The number of aryl methyl sites for hydroxylation is 2. The molecule has 1 amide bonds. The largest absolute Gasteiger partial charge is 0.335 e. The smallest absolute Gasteiger partial charge is 0.274 e. The number of H-pyrrole nitrogens is 1. The van der Waals surface area contributed by atoms with Gasteiger partial charge >= 0.3 is 0 Å². The maximum Gasteiger partial charge on any atom is 0.274 e. The fourth-order valence-electron chi connectivity index (χ4n) is 2.81. The number of hydrogen-bond donors (Lipinski definition) is 1. The van der Waals surface area contributed by atoms with E-state index in [1.54, 1.807) is 36.1 Å². The van der Waals surface area contributed by atoms with Gasteiger partial charge in [-0.05, 0) is 31.5 Å². The topological polar surface area (TPSA) is 86.4 Å². The van der Waals surface area contributed by atoms with E-state index >= 15 is 0 Å². The van der Waals surface area contributed by atoms with Crippen LogP contribution in [0.2, 0.25) is 0 Å². The fourth-order valence-corrected chi connectivity index (χ4v) is 4.45. The van der Waals surface area contributed by atoms with Crippen LogP contribution in [0.25, 0.3) is 0 Å². The van der Waals surface area contributed by atoms with Crippen LogP contribution < -0.4 is 0 Å². The van der Waals surface area contributed by atoms with Gasteiger partial charge in [-0.15, -0.1) is 0 Å². The van der Waals surface area contributed by atoms with Crippen LogP contribution in [0.15, 0.2) is 35.2 Å². The van der Waals surface area contributed by atoms with Gasteiger partial charge in [0.2, 0.25) is 10.0 Å². The van der Waals surface area contributed by atoms with E-state index in [-0.39, 0.29) is 19.0 Å². The van der Waals surface area contributed by atoms with Crippen molar-refractivity contribution in [2.24, 2.45) is 0 Å². The maximum atomic E-state index is 12.8. The highest BCUT2D eigenvalue weighted by molar-refractivity contribution is 7.89. The van der Waals surface area contributed by atoms with Gasteiger partial charge in [0.1, 0.15) is 5.69 Å². The third kappa shape index (κ3) is 3.07. The van der Waals surface area contributed by atoms with Gasteiger partial charge in [0.15, 0.2) is 0 Å². The van der Waals surface area contributed by atoms with Crippen LogP contribution in [0.1, 0.15) is 21.7 Å². The normalized spacial score (nSPS) is 16.3. The van der Waals surface area contributed by atoms with Gasteiger partial charge in [0.05, 0.1) is 4.90 Å². The second kappa shape index (κ2) is 6.37. The van der Waals surface area contributed by atoms with E-state index in [9.17, 15) is 13.2 Å². The van der Waals surface area contributed by atoms with E-state index in [1.807, 2.05) is 13.0 Å². The monoisotopic (exact) mass is 348 g/mol. The minimum absolute atomic E-state index is 0.174. The Morgan fingerprint density at radius 3 is 2.38 bits per heavy atom. The van der Waals surface area contributed by atoms with Gasteiger partial charge in [0, 0.05) is 31.9 Å². The Morgan fingerprint density at radius 2 is 1.79 bits per heavy atom. The molecule has 1 aromatic carbocycles. The molecule has 0 bridgehead atoms. The fraction of sp³-hybridized carbons (Fsp3) is 0.375. The summed E-state index contributed by atoms with van der Waals surface area (Å²) in [6.07, 6.45) is 0. The molecule has 0 aliphatic carbocycles. The van der Waals surface area contributed by atoms with Crippen LogP contribution in [-0.2, 0) is 10.0 Å². The van der Waals surface area contributed by atoms with E-state index in [4.69, 9.17) is 0 Å². The Hall–Kier alpha value is -2.19. The molecule has 1 aromatic heterocycles. The van der Waals surface area contributed by atoms with Gasteiger partial charge in [-0.25, -0.2) is 8.42 Å². The number of amides is 1. The van der Waals surface area contributed by atoms with E-state index in [2.05, 4.69) is 10.2 Å². The molecular formula is C16H20N4O3S. The van der Waals surface area contributed by atoms with E-state index in [0.717, 1.165) is 11.3 Å². The van der Waals surface area contributed by atoms with Gasteiger partial charge < -0.3 is 4.90 Å². The quantitative estimate of drug-likeness (QED) is 0.902. The van der Waals surface area contributed by atoms with Crippen molar-refractivity contribution in [1.29, 1.82) is 0 Å². The van der Waals surface area contributed by atoms with Crippen molar-refractivity contribution in [3.05, 3.63) is 47.3 Å². The number of rotatable bonds is 3. The molecular weight excluding hydrogens is 328 g/mol. The predicted octanol–water partition coefficient (Wildman–Crippen LogP) is 1.17. The summed E-state index contributed by atoms with van der Waals surface area (Å²) < 4.78 is 27.0. The highest BCUT2D eigenvalue weighted by Crippen LogP contribution is 2.21. The zero-order valence-corrected chi connectivity index (χ0v) is 14.5. The first-order valence-corrected chi connectivity index (χ1v) is 9.20. The first-order chi connectivity index (χ1) is 11.4. The highest BCUT2D eigenvalue weighted by atomic mass is 32.2. The Labute approximate surface area is 141 Å². The van der Waals surface area contributed by atoms with Crippen LogP contribution in [0.5, 0.6) is 0 Å². The summed E-state index contributed by atoms with van der Waals surface area (Å²) in [7, 11) is -3.53. The number of nitrogens with zero attached hydrogens (tertiary/aromatic N) is 3. The van der Waals surface area contributed by atoms with Gasteiger partial charge in [-0.3, -0.25) is 9.89 Å². The number of aromatic nitrogens is 2. The second-order valence-corrected chi connectivity index (χ2v) is 7.80. The van der Waals surface area contributed by atoms with Gasteiger partial charge in [-0.2, -0.15) is 9.40 Å². The van der Waals surface area contributed by atoms with Crippen molar-refractivity contribution in [2.45, 2.75) is 18.7 Å². The summed E-state index contributed by atoms with van der Waals surface area (Å²) >= 11 is 0. The van der Waals surface area contributed by atoms with Crippen molar-refractivity contribution in [1.82, 2.24) is 19.4 Å². The minimum atomic E-state index is -3.53. The summed E-state index contributed by atoms with van der Waals surface area (Å²) in [6.45, 7) is 4.90. The molecule has 2 heterocycles. The molecule has 2 aromatic rings. The van der Waals surface area contributed by atoms with Crippen molar-refractivity contribution >= 4 is 15.9 Å². The zero-order valence-electron chi connectivity index (χ0n) is 13.7. The lowest BCUT2D eigenvalue weighted by molar-refractivity contribution is 0.0692. The van der Waals surface area contributed by atoms with Crippen LogP contribution in [0.3, 0.4) is 0 Å². The molecule has 8 heteroatoms. The Kier molecular flexibility index (Phi) is 4.42. The Balaban J connectivity index is 1.71. The summed E-state index contributed by atoms with van der Waals surface area (Å²) in [5.74, 6) is -0.174. The van der Waals surface area contributed by atoms with E-state index in [1.165, 1.54) is 4.31 Å². The van der Waals surface area contributed by atoms with E-state index in [0.29, 0.717) is 23.7 Å². The molecule has 1 aliphatic rings. The third-order valence-electron chi connectivity index (χ3n) is 4.16. The average molecular weight is 348 g/mol. The minimum Gasteiger partial charge on any atom is -0.335 e. The number of benzene rings is 1. The maximum absolute atomic E-state index is 12.8. The number of sulfonamides is 1. The standard InChI is InChI=1S/C16H20N4O3S/c1-12-5-3-4-6-15(12)24(22,23)20-9-7-19(8-10-20)16(21)14-11-13(2)17-18-14/h3-6,11H,7-10H2,1-2H3,(H,17,18). The average Bonchev–Trinajstić information content (AvgIpc) is 3.01. The molecule has 128 valence electrons. The van der Waals surface area contributed by atoms with Crippen molar-refractivity contribution in [3.8, 4) is 0 Å². The number of carbonyl (C=O) groups excluding carboxylic acids is 1. The molecule has 3 rings (SSSR count). The molecule has 24 heavy (non-hydrogen) atoms. The van der Waals surface area contributed by atoms with Crippen LogP contribution in [-0.4, -0.2) is 59.9 Å². The number of nitrogens with one attached hydrogen (secondary N) is 1. The Morgan fingerprint density at radius 1 is 1.12 bits per heavy atom. The molecule has 0 radical (unpaired) electrons. The molecule has 1 saturated heterocycles. The molecule has 0 atom stereocenters. The zero-order chi connectivity index (χ0) is 17.3. The summed E-state index contributed by atoms with van der Waals surface area (Å²) in [5, 5.41) is 6.72. The molecule has 1 fully saturated rings. The molecule has 0 spiro atoms. The molecule has 0 unspecified atom stereocenters. The van der Waals surface area contributed by atoms with E-state index < -0.39 is 10.0 Å². The number of aromatic amines is 1. The molecule has 0 saturated carbocycles. The van der Waals surface area contributed by atoms with Crippen LogP contribution >= 0.6 is 0 Å². The number of piperazine rings is 1. The lowest BCUT2D eigenvalue weighted by atomic mass is 10.2. The number of carbonyl (C=O) groups is 1. The molecule has 7 nitrogen and oxygen atoms in total. The van der Waals surface area contributed by atoms with Gasteiger partial charge in [-0.1, -0.05) is 18.2 Å².